The van der Waals surface area contributed by atoms with Crippen LogP contribution in [0.15, 0.2) is 12.3 Å². The number of hydrogen-bond acceptors (Lipinski definition) is 3. The molecule has 1 amide bonds. The summed E-state index contributed by atoms with van der Waals surface area (Å²) >= 11 is 0. The van der Waals surface area contributed by atoms with Gasteiger partial charge in [0.15, 0.2) is 5.82 Å². The summed E-state index contributed by atoms with van der Waals surface area (Å²) in [7, 11) is 0. The molecule has 2 aromatic heterocycles. The van der Waals surface area contributed by atoms with Crippen molar-refractivity contribution in [2.24, 2.45) is 0 Å². The van der Waals surface area contributed by atoms with E-state index in [4.69, 9.17) is 0 Å². The molecule has 0 saturated carbocycles. The smallest absolute Gasteiger partial charge is 0.222 e. The van der Waals surface area contributed by atoms with Crippen LogP contribution in [-0.4, -0.2) is 25.5 Å². The van der Waals surface area contributed by atoms with Gasteiger partial charge in [0.05, 0.1) is 17.6 Å². The van der Waals surface area contributed by atoms with E-state index in [1.807, 2.05) is 21.6 Å². The van der Waals surface area contributed by atoms with E-state index in [0.29, 0.717) is 11.9 Å². The summed E-state index contributed by atoms with van der Waals surface area (Å²) in [5.74, 6) is 0.507. The third-order valence-electron chi connectivity index (χ3n) is 3.50. The number of nitrogens with zero attached hydrogens (tertiary/aromatic N) is 4. The predicted octanol–water partition coefficient (Wildman–Crippen LogP) is 2.23. The lowest BCUT2D eigenvalue weighted by atomic mass is 10.1. The second-order valence-electron chi connectivity index (χ2n) is 5.48. The van der Waals surface area contributed by atoms with Crippen LogP contribution in [0.5, 0.6) is 0 Å². The van der Waals surface area contributed by atoms with Crippen molar-refractivity contribution in [3.05, 3.63) is 17.8 Å². The Bertz CT molecular complexity index is 653. The van der Waals surface area contributed by atoms with Crippen molar-refractivity contribution in [2.45, 2.75) is 46.2 Å². The number of hydrogen-bond donors (Lipinski definition) is 1. The van der Waals surface area contributed by atoms with Gasteiger partial charge in [-0.3, -0.25) is 14.2 Å². The standard InChI is InChI=1S/C14H19N5O/c1-9(2)19-14-11(8-15-19)5-4-6-18-12(14)7-13(17-18)16-10(3)20/h7-9H,4-6H2,1-3H3,(H,16,17,20). The van der Waals surface area contributed by atoms with Crippen molar-refractivity contribution < 1.29 is 4.79 Å². The minimum atomic E-state index is -0.101. The van der Waals surface area contributed by atoms with Crippen molar-refractivity contribution in [1.29, 1.82) is 0 Å². The molecule has 1 N–H and O–H groups in total. The highest BCUT2D eigenvalue weighted by Gasteiger charge is 2.22. The van der Waals surface area contributed by atoms with Crippen LogP contribution in [0.2, 0.25) is 0 Å². The van der Waals surface area contributed by atoms with E-state index in [2.05, 4.69) is 29.4 Å². The Morgan fingerprint density at radius 3 is 2.95 bits per heavy atom. The van der Waals surface area contributed by atoms with Gasteiger partial charge in [0, 0.05) is 25.6 Å². The lowest BCUT2D eigenvalue weighted by molar-refractivity contribution is -0.114. The van der Waals surface area contributed by atoms with Crippen molar-refractivity contribution in [3.63, 3.8) is 0 Å². The number of carbonyl (C=O) groups is 1. The molecule has 0 aliphatic carbocycles. The number of fused-ring (bicyclic) bond motifs is 3. The molecular weight excluding hydrogens is 254 g/mol. The van der Waals surface area contributed by atoms with E-state index in [1.54, 1.807) is 0 Å². The molecule has 3 rings (SSSR count). The Morgan fingerprint density at radius 1 is 1.45 bits per heavy atom. The van der Waals surface area contributed by atoms with Gasteiger partial charge in [-0.15, -0.1) is 0 Å². The Hall–Kier alpha value is -2.11. The lowest BCUT2D eigenvalue weighted by Crippen LogP contribution is -2.08. The first-order chi connectivity index (χ1) is 9.56. The fourth-order valence-corrected chi connectivity index (χ4v) is 2.69. The molecule has 0 atom stereocenters. The maximum atomic E-state index is 11.2. The fourth-order valence-electron chi connectivity index (χ4n) is 2.69. The lowest BCUT2D eigenvalue weighted by Gasteiger charge is -2.11. The van der Waals surface area contributed by atoms with Crippen LogP contribution in [0.4, 0.5) is 5.82 Å². The van der Waals surface area contributed by atoms with E-state index in [9.17, 15) is 4.79 Å². The molecular formula is C14H19N5O. The number of aryl methyl sites for hydroxylation is 2. The highest BCUT2D eigenvalue weighted by Crippen LogP contribution is 2.32. The molecule has 0 spiro atoms. The summed E-state index contributed by atoms with van der Waals surface area (Å²) in [5.41, 5.74) is 3.42. The van der Waals surface area contributed by atoms with Gasteiger partial charge < -0.3 is 5.32 Å². The van der Waals surface area contributed by atoms with Gasteiger partial charge in [-0.25, -0.2) is 0 Å². The number of nitrogens with one attached hydrogen (secondary N) is 1. The molecule has 3 heterocycles. The van der Waals surface area contributed by atoms with Crippen LogP contribution in [-0.2, 0) is 17.8 Å². The summed E-state index contributed by atoms with van der Waals surface area (Å²) in [5, 5.41) is 11.7. The maximum Gasteiger partial charge on any atom is 0.222 e. The summed E-state index contributed by atoms with van der Waals surface area (Å²) in [4.78, 5) is 11.2. The maximum absolute atomic E-state index is 11.2. The Balaban J connectivity index is 2.12. The summed E-state index contributed by atoms with van der Waals surface area (Å²) < 4.78 is 4.00. The van der Waals surface area contributed by atoms with Gasteiger partial charge in [0.25, 0.3) is 0 Å². The fraction of sp³-hybridized carbons (Fsp3) is 0.500. The van der Waals surface area contributed by atoms with Gasteiger partial charge in [-0.05, 0) is 32.3 Å². The Morgan fingerprint density at radius 2 is 2.25 bits per heavy atom. The largest absolute Gasteiger partial charge is 0.309 e. The van der Waals surface area contributed by atoms with E-state index < -0.39 is 0 Å². The normalized spacial score (nSPS) is 13.8. The van der Waals surface area contributed by atoms with Crippen LogP contribution >= 0.6 is 0 Å². The van der Waals surface area contributed by atoms with Gasteiger partial charge >= 0.3 is 0 Å². The number of carbonyl (C=O) groups excluding carboxylic acids is 1. The van der Waals surface area contributed by atoms with Crippen molar-refractivity contribution >= 4 is 11.7 Å². The zero-order valence-electron chi connectivity index (χ0n) is 12.1. The summed E-state index contributed by atoms with van der Waals surface area (Å²) in [6.07, 6.45) is 4.00. The molecule has 20 heavy (non-hydrogen) atoms. The Kier molecular flexibility index (Phi) is 3.08. The molecule has 0 radical (unpaired) electrons. The molecule has 6 nitrogen and oxygen atoms in total. The SMILES string of the molecule is CC(=O)Nc1cc2n(n1)CCCc1cnn(C(C)C)c1-2. The van der Waals surface area contributed by atoms with Gasteiger partial charge in [0.1, 0.15) is 0 Å². The topological polar surface area (TPSA) is 64.7 Å². The van der Waals surface area contributed by atoms with Crippen LogP contribution in [0.25, 0.3) is 11.4 Å². The summed E-state index contributed by atoms with van der Waals surface area (Å²) in [6.45, 7) is 6.59. The predicted molar refractivity (Wildman–Crippen MR) is 76.5 cm³/mol. The van der Waals surface area contributed by atoms with Crippen LogP contribution in [0, 0.1) is 0 Å². The van der Waals surface area contributed by atoms with Gasteiger partial charge in [0.2, 0.25) is 5.91 Å². The molecule has 1 aliphatic heterocycles. The summed E-state index contributed by atoms with van der Waals surface area (Å²) in [6, 6.07) is 2.23. The minimum absolute atomic E-state index is 0.101. The number of rotatable bonds is 2. The first-order valence-electron chi connectivity index (χ1n) is 6.98. The number of amides is 1. The third kappa shape index (κ3) is 2.11. The van der Waals surface area contributed by atoms with Crippen molar-refractivity contribution in [2.75, 3.05) is 5.32 Å². The van der Waals surface area contributed by atoms with Gasteiger partial charge in [-0.2, -0.15) is 10.2 Å². The first kappa shape index (κ1) is 12.9. The molecule has 0 aromatic carbocycles. The zero-order valence-corrected chi connectivity index (χ0v) is 12.1. The highest BCUT2D eigenvalue weighted by molar-refractivity contribution is 5.88. The number of aromatic nitrogens is 4. The quantitative estimate of drug-likeness (QED) is 0.912. The molecule has 1 aliphatic rings. The van der Waals surface area contributed by atoms with E-state index in [-0.39, 0.29) is 5.91 Å². The molecule has 6 heteroatoms. The minimum Gasteiger partial charge on any atom is -0.309 e. The van der Waals surface area contributed by atoms with Crippen LogP contribution < -0.4 is 5.32 Å². The molecule has 0 saturated heterocycles. The molecule has 2 aromatic rings. The van der Waals surface area contributed by atoms with Crippen molar-refractivity contribution in [3.8, 4) is 11.4 Å². The van der Waals surface area contributed by atoms with E-state index >= 15 is 0 Å². The molecule has 0 bridgehead atoms. The number of anilines is 1. The zero-order chi connectivity index (χ0) is 14.3. The highest BCUT2D eigenvalue weighted by atomic mass is 16.1. The molecule has 0 unspecified atom stereocenters. The second-order valence-corrected chi connectivity index (χ2v) is 5.48. The van der Waals surface area contributed by atoms with E-state index in [1.165, 1.54) is 12.5 Å². The third-order valence-corrected chi connectivity index (χ3v) is 3.50. The monoisotopic (exact) mass is 273 g/mol. The average molecular weight is 273 g/mol. The van der Waals surface area contributed by atoms with Crippen LogP contribution in [0.1, 0.15) is 38.8 Å². The van der Waals surface area contributed by atoms with Gasteiger partial charge in [-0.1, -0.05) is 0 Å². The first-order valence-corrected chi connectivity index (χ1v) is 6.98. The van der Waals surface area contributed by atoms with E-state index in [0.717, 1.165) is 30.8 Å². The van der Waals surface area contributed by atoms with Crippen molar-refractivity contribution in [1.82, 2.24) is 19.6 Å². The van der Waals surface area contributed by atoms with Crippen LogP contribution in [0.3, 0.4) is 0 Å². The molecule has 106 valence electrons. The second kappa shape index (κ2) is 4.77. The Labute approximate surface area is 117 Å². The molecule has 0 fully saturated rings. The average Bonchev–Trinajstić information content (AvgIpc) is 2.89.